The van der Waals surface area contributed by atoms with Gasteiger partial charge in [-0.25, -0.2) is 16.8 Å². The molecule has 0 heterocycles. The number of allylic oxidation sites excluding steroid dienone is 1. The Bertz CT molecular complexity index is 1210. The van der Waals surface area contributed by atoms with E-state index >= 15 is 0 Å². The predicted molar refractivity (Wildman–Crippen MR) is 115 cm³/mol. The van der Waals surface area contributed by atoms with Gasteiger partial charge in [0.1, 0.15) is 6.10 Å². The van der Waals surface area contributed by atoms with E-state index in [9.17, 15) is 21.9 Å². The van der Waals surface area contributed by atoms with Gasteiger partial charge in [0.25, 0.3) is 0 Å². The van der Waals surface area contributed by atoms with Gasteiger partial charge in [0, 0.05) is 6.42 Å². The summed E-state index contributed by atoms with van der Waals surface area (Å²) in [6, 6.07) is 23.7. The van der Waals surface area contributed by atoms with Crippen molar-refractivity contribution in [1.82, 2.24) is 0 Å². The molecule has 0 fully saturated rings. The maximum atomic E-state index is 13.8. The average Bonchev–Trinajstić information content (AvgIpc) is 3.15. The molecule has 1 N–H and O–H groups in total. The Morgan fingerprint density at radius 2 is 1.07 bits per heavy atom. The molecular weight excluding hydrogens is 420 g/mol. The van der Waals surface area contributed by atoms with Gasteiger partial charge < -0.3 is 5.11 Å². The minimum Gasteiger partial charge on any atom is -0.386 e. The molecule has 0 aromatic heterocycles. The third-order valence-corrected chi connectivity index (χ3v) is 11.1. The molecular formula is C23H20O5S2. The Morgan fingerprint density at radius 1 is 0.667 bits per heavy atom. The quantitative estimate of drug-likeness (QED) is 0.656. The Morgan fingerprint density at radius 3 is 1.50 bits per heavy atom. The van der Waals surface area contributed by atoms with Crippen LogP contribution in [0.25, 0.3) is 5.57 Å². The van der Waals surface area contributed by atoms with Crippen LogP contribution in [0, 0.1) is 0 Å². The summed E-state index contributed by atoms with van der Waals surface area (Å²) in [6.45, 7) is 0. The number of aliphatic hydroxyl groups is 1. The first kappa shape index (κ1) is 20.5. The minimum atomic E-state index is -4.49. The van der Waals surface area contributed by atoms with E-state index in [0.29, 0.717) is 11.1 Å². The van der Waals surface area contributed by atoms with Crippen LogP contribution in [0.1, 0.15) is 12.0 Å². The first-order valence-electron chi connectivity index (χ1n) is 9.34. The molecule has 1 aliphatic rings. The molecule has 7 heteroatoms. The van der Waals surface area contributed by atoms with E-state index < -0.39 is 29.9 Å². The van der Waals surface area contributed by atoms with Gasteiger partial charge in [-0.05, 0) is 41.5 Å². The number of aliphatic hydroxyl groups excluding tert-OH is 1. The third kappa shape index (κ3) is 3.01. The Labute approximate surface area is 176 Å². The van der Waals surface area contributed by atoms with Gasteiger partial charge in [0.15, 0.2) is 0 Å². The maximum absolute atomic E-state index is 13.8. The summed E-state index contributed by atoms with van der Waals surface area (Å²) in [6.07, 6.45) is -0.744. The molecule has 154 valence electrons. The first-order valence-corrected chi connectivity index (χ1v) is 12.3. The second kappa shape index (κ2) is 7.50. The molecule has 0 aliphatic heterocycles. The second-order valence-corrected chi connectivity index (χ2v) is 11.8. The van der Waals surface area contributed by atoms with Crippen molar-refractivity contribution < 1.29 is 21.9 Å². The fourth-order valence-corrected chi connectivity index (χ4v) is 8.87. The molecule has 0 bridgehead atoms. The molecule has 0 spiro atoms. The zero-order valence-electron chi connectivity index (χ0n) is 15.9. The third-order valence-electron chi connectivity index (χ3n) is 5.41. The molecule has 1 atom stereocenters. The van der Waals surface area contributed by atoms with Crippen LogP contribution in [0.2, 0.25) is 0 Å². The summed E-state index contributed by atoms with van der Waals surface area (Å²) < 4.78 is 52.7. The van der Waals surface area contributed by atoms with Gasteiger partial charge in [-0.3, -0.25) is 0 Å². The lowest BCUT2D eigenvalue weighted by Crippen LogP contribution is -2.52. The highest BCUT2D eigenvalue weighted by molar-refractivity contribution is 8.10. The van der Waals surface area contributed by atoms with Gasteiger partial charge in [-0.1, -0.05) is 66.7 Å². The lowest BCUT2D eigenvalue weighted by molar-refractivity contribution is 0.209. The first-order chi connectivity index (χ1) is 14.3. The fourth-order valence-electron chi connectivity index (χ4n) is 3.85. The van der Waals surface area contributed by atoms with Crippen LogP contribution in [-0.4, -0.2) is 32.1 Å². The largest absolute Gasteiger partial charge is 0.386 e. The average molecular weight is 441 g/mol. The molecule has 0 saturated heterocycles. The molecule has 3 aromatic rings. The van der Waals surface area contributed by atoms with Gasteiger partial charge in [-0.2, -0.15) is 0 Å². The molecule has 0 saturated carbocycles. The number of hydrogen-bond donors (Lipinski definition) is 1. The number of rotatable bonds is 5. The van der Waals surface area contributed by atoms with Crippen LogP contribution < -0.4 is 0 Å². The number of benzene rings is 3. The number of hydrogen-bond acceptors (Lipinski definition) is 5. The SMILES string of the molecule is O=S(=O)(c1ccccc1)C1(S(=O)(=O)c2ccccc2)CC(c2ccccc2)=CC1O. The zero-order valence-corrected chi connectivity index (χ0v) is 17.6. The van der Waals surface area contributed by atoms with Crippen molar-refractivity contribution in [1.29, 1.82) is 0 Å². The Kier molecular flexibility index (Phi) is 5.13. The molecule has 3 aromatic carbocycles. The van der Waals surface area contributed by atoms with Crippen molar-refractivity contribution in [3.63, 3.8) is 0 Å². The standard InChI is InChI=1S/C23H20O5S2/c24-22-16-19(18-10-4-1-5-11-18)17-23(22,29(25,26)20-12-6-2-7-13-20)30(27,28)21-14-8-3-9-15-21/h1-16,22,24H,17H2. The highest BCUT2D eigenvalue weighted by Crippen LogP contribution is 2.49. The van der Waals surface area contributed by atoms with Crippen LogP contribution in [-0.2, 0) is 19.7 Å². The van der Waals surface area contributed by atoms with Crippen molar-refractivity contribution in [3.8, 4) is 0 Å². The molecule has 1 unspecified atom stereocenters. The van der Waals surface area contributed by atoms with E-state index in [2.05, 4.69) is 0 Å². The van der Waals surface area contributed by atoms with E-state index in [1.54, 1.807) is 36.4 Å². The lowest BCUT2D eigenvalue weighted by Gasteiger charge is -2.32. The van der Waals surface area contributed by atoms with E-state index in [1.807, 2.05) is 6.07 Å². The van der Waals surface area contributed by atoms with E-state index in [1.165, 1.54) is 54.6 Å². The van der Waals surface area contributed by atoms with Crippen molar-refractivity contribution in [2.45, 2.75) is 26.4 Å². The van der Waals surface area contributed by atoms with E-state index in [4.69, 9.17) is 0 Å². The summed E-state index contributed by atoms with van der Waals surface area (Å²) >= 11 is 0. The molecule has 0 amide bonds. The van der Waals surface area contributed by atoms with Crippen molar-refractivity contribution in [2.75, 3.05) is 0 Å². The Balaban J connectivity index is 1.97. The fraction of sp³-hybridized carbons (Fsp3) is 0.130. The molecule has 1 aliphatic carbocycles. The summed E-state index contributed by atoms with van der Waals surface area (Å²) in [7, 11) is -8.97. The monoisotopic (exact) mass is 440 g/mol. The van der Waals surface area contributed by atoms with Crippen LogP contribution in [0.15, 0.2) is 107 Å². The van der Waals surface area contributed by atoms with Gasteiger partial charge in [0.2, 0.25) is 23.8 Å². The van der Waals surface area contributed by atoms with E-state index in [-0.39, 0.29) is 16.2 Å². The normalized spacial score (nSPS) is 18.7. The smallest absolute Gasteiger partial charge is 0.215 e. The predicted octanol–water partition coefficient (Wildman–Crippen LogP) is 3.48. The highest BCUT2D eigenvalue weighted by Gasteiger charge is 2.63. The topological polar surface area (TPSA) is 88.5 Å². The Hall–Kier alpha value is -2.74. The van der Waals surface area contributed by atoms with Gasteiger partial charge in [0.05, 0.1) is 9.79 Å². The second-order valence-electron chi connectivity index (χ2n) is 7.12. The van der Waals surface area contributed by atoms with Gasteiger partial charge >= 0.3 is 0 Å². The summed E-state index contributed by atoms with van der Waals surface area (Å²) in [4.78, 5) is -0.294. The molecule has 30 heavy (non-hydrogen) atoms. The van der Waals surface area contributed by atoms with Gasteiger partial charge in [-0.15, -0.1) is 0 Å². The van der Waals surface area contributed by atoms with Crippen molar-refractivity contribution >= 4 is 25.2 Å². The number of sulfone groups is 2. The zero-order chi connectivity index (χ0) is 21.4. The van der Waals surface area contributed by atoms with Crippen LogP contribution in [0.5, 0.6) is 0 Å². The highest BCUT2D eigenvalue weighted by atomic mass is 32.3. The molecule has 0 radical (unpaired) electrons. The van der Waals surface area contributed by atoms with Crippen LogP contribution in [0.3, 0.4) is 0 Å². The van der Waals surface area contributed by atoms with E-state index in [0.717, 1.165) is 0 Å². The molecule has 4 rings (SSSR count). The summed E-state index contributed by atoms with van der Waals surface area (Å²) in [5.74, 6) is 0. The molecule has 5 nitrogen and oxygen atoms in total. The van der Waals surface area contributed by atoms with Crippen molar-refractivity contribution in [2.24, 2.45) is 0 Å². The summed E-state index contributed by atoms with van der Waals surface area (Å²) in [5, 5.41) is 11.0. The minimum absolute atomic E-state index is 0.147. The lowest BCUT2D eigenvalue weighted by atomic mass is 10.1. The summed E-state index contributed by atoms with van der Waals surface area (Å²) in [5.41, 5.74) is 1.15. The maximum Gasteiger partial charge on any atom is 0.215 e. The van der Waals surface area contributed by atoms with Crippen LogP contribution >= 0.6 is 0 Å². The van der Waals surface area contributed by atoms with Crippen molar-refractivity contribution in [3.05, 3.63) is 103 Å². The van der Waals surface area contributed by atoms with Crippen LogP contribution in [0.4, 0.5) is 0 Å².